The average molecular weight is 256 g/mol. The standard InChI is InChI=1S/C12H16O4S/c1-2-8-17(15,16)9-11(12(13)14)10-6-4-3-5-7-10/h3-7,11H,2,8-9H2,1H3,(H,13,14). The highest BCUT2D eigenvalue weighted by atomic mass is 32.2. The van der Waals surface area contributed by atoms with E-state index < -0.39 is 21.7 Å². The molecule has 0 saturated heterocycles. The summed E-state index contributed by atoms with van der Waals surface area (Å²) in [5, 5.41) is 9.09. The molecule has 0 spiro atoms. The first kappa shape index (κ1) is 13.7. The van der Waals surface area contributed by atoms with Gasteiger partial charge in [0.25, 0.3) is 0 Å². The van der Waals surface area contributed by atoms with E-state index in [-0.39, 0.29) is 11.5 Å². The van der Waals surface area contributed by atoms with Gasteiger partial charge in [0.1, 0.15) is 0 Å². The maximum absolute atomic E-state index is 11.7. The van der Waals surface area contributed by atoms with Crippen molar-refractivity contribution in [1.82, 2.24) is 0 Å². The molecule has 1 rings (SSSR count). The molecule has 1 aromatic carbocycles. The van der Waals surface area contributed by atoms with Crippen molar-refractivity contribution in [1.29, 1.82) is 0 Å². The van der Waals surface area contributed by atoms with E-state index in [0.717, 1.165) is 0 Å². The highest BCUT2D eigenvalue weighted by Gasteiger charge is 2.26. The number of benzene rings is 1. The Bertz CT molecular complexity index is 465. The van der Waals surface area contributed by atoms with Gasteiger partial charge in [-0.25, -0.2) is 8.42 Å². The van der Waals surface area contributed by atoms with Crippen LogP contribution in [0.15, 0.2) is 30.3 Å². The fraction of sp³-hybridized carbons (Fsp3) is 0.417. The van der Waals surface area contributed by atoms with E-state index in [2.05, 4.69) is 0 Å². The molecule has 1 aromatic rings. The van der Waals surface area contributed by atoms with Gasteiger partial charge in [-0.3, -0.25) is 4.79 Å². The van der Waals surface area contributed by atoms with Crippen LogP contribution in [0.25, 0.3) is 0 Å². The Kier molecular flexibility index (Phi) is 4.69. The first-order valence-corrected chi connectivity index (χ1v) is 7.26. The van der Waals surface area contributed by atoms with E-state index in [1.165, 1.54) is 0 Å². The van der Waals surface area contributed by atoms with Gasteiger partial charge in [0.05, 0.1) is 11.7 Å². The third kappa shape index (κ3) is 4.19. The maximum atomic E-state index is 11.7. The van der Waals surface area contributed by atoms with Gasteiger partial charge < -0.3 is 5.11 Å². The summed E-state index contributed by atoms with van der Waals surface area (Å²) in [6.45, 7) is 1.76. The smallest absolute Gasteiger partial charge is 0.312 e. The Morgan fingerprint density at radius 1 is 1.29 bits per heavy atom. The fourth-order valence-electron chi connectivity index (χ4n) is 1.64. The van der Waals surface area contributed by atoms with Gasteiger partial charge in [0, 0.05) is 5.75 Å². The van der Waals surface area contributed by atoms with Gasteiger partial charge in [0.15, 0.2) is 9.84 Å². The van der Waals surface area contributed by atoms with Crippen LogP contribution in [-0.4, -0.2) is 31.0 Å². The number of carboxylic acid groups (broad SMARTS) is 1. The van der Waals surface area contributed by atoms with Crippen LogP contribution in [0.2, 0.25) is 0 Å². The van der Waals surface area contributed by atoms with Crippen molar-refractivity contribution in [3.8, 4) is 0 Å². The van der Waals surface area contributed by atoms with Crippen LogP contribution in [-0.2, 0) is 14.6 Å². The van der Waals surface area contributed by atoms with Crippen LogP contribution >= 0.6 is 0 Å². The van der Waals surface area contributed by atoms with E-state index in [4.69, 9.17) is 5.11 Å². The molecule has 0 aliphatic heterocycles. The molecule has 0 aliphatic rings. The fourth-order valence-corrected chi connectivity index (χ4v) is 3.28. The van der Waals surface area contributed by atoms with Crippen molar-refractivity contribution in [3.05, 3.63) is 35.9 Å². The number of hydrogen-bond acceptors (Lipinski definition) is 3. The molecule has 0 radical (unpaired) electrons. The molecule has 0 amide bonds. The van der Waals surface area contributed by atoms with E-state index in [0.29, 0.717) is 12.0 Å². The third-order valence-corrected chi connectivity index (χ3v) is 4.31. The number of sulfone groups is 1. The predicted molar refractivity (Wildman–Crippen MR) is 65.8 cm³/mol. The number of carbonyl (C=O) groups is 1. The first-order chi connectivity index (χ1) is 7.96. The quantitative estimate of drug-likeness (QED) is 0.840. The Hall–Kier alpha value is -1.36. The first-order valence-electron chi connectivity index (χ1n) is 5.44. The second kappa shape index (κ2) is 5.82. The Morgan fingerprint density at radius 3 is 2.35 bits per heavy atom. The number of hydrogen-bond donors (Lipinski definition) is 1. The lowest BCUT2D eigenvalue weighted by Crippen LogP contribution is -2.23. The second-order valence-corrected chi connectivity index (χ2v) is 6.14. The second-order valence-electron chi connectivity index (χ2n) is 3.92. The van der Waals surface area contributed by atoms with Crippen molar-refractivity contribution in [2.24, 2.45) is 0 Å². The number of aliphatic carboxylic acids is 1. The van der Waals surface area contributed by atoms with E-state index in [1.807, 2.05) is 0 Å². The molecule has 5 heteroatoms. The summed E-state index contributed by atoms with van der Waals surface area (Å²) < 4.78 is 23.3. The molecular formula is C12H16O4S. The molecule has 0 bridgehead atoms. The van der Waals surface area contributed by atoms with Crippen molar-refractivity contribution in [2.75, 3.05) is 11.5 Å². The topological polar surface area (TPSA) is 71.4 Å². The number of rotatable bonds is 6. The predicted octanol–water partition coefficient (Wildman–Crippen LogP) is 1.68. The zero-order valence-corrected chi connectivity index (χ0v) is 10.5. The zero-order valence-electron chi connectivity index (χ0n) is 9.67. The zero-order chi connectivity index (χ0) is 12.9. The Morgan fingerprint density at radius 2 is 1.88 bits per heavy atom. The lowest BCUT2D eigenvalue weighted by molar-refractivity contribution is -0.138. The molecular weight excluding hydrogens is 240 g/mol. The van der Waals surface area contributed by atoms with E-state index in [1.54, 1.807) is 37.3 Å². The lowest BCUT2D eigenvalue weighted by atomic mass is 10.0. The molecule has 17 heavy (non-hydrogen) atoms. The van der Waals surface area contributed by atoms with Gasteiger partial charge in [-0.05, 0) is 12.0 Å². The van der Waals surface area contributed by atoms with Gasteiger partial charge >= 0.3 is 5.97 Å². The maximum Gasteiger partial charge on any atom is 0.312 e. The van der Waals surface area contributed by atoms with Crippen molar-refractivity contribution < 1.29 is 18.3 Å². The summed E-state index contributed by atoms with van der Waals surface area (Å²) >= 11 is 0. The largest absolute Gasteiger partial charge is 0.481 e. The minimum absolute atomic E-state index is 0.0314. The SMILES string of the molecule is CCCS(=O)(=O)CC(C(=O)O)c1ccccc1. The van der Waals surface area contributed by atoms with Crippen molar-refractivity contribution in [2.45, 2.75) is 19.3 Å². The summed E-state index contributed by atoms with van der Waals surface area (Å²) in [6.07, 6.45) is 0.503. The molecule has 1 N–H and O–H groups in total. The highest BCUT2D eigenvalue weighted by Crippen LogP contribution is 2.18. The molecule has 0 saturated carbocycles. The Balaban J connectivity index is 2.93. The monoisotopic (exact) mass is 256 g/mol. The molecule has 1 atom stereocenters. The summed E-state index contributed by atoms with van der Waals surface area (Å²) in [5.41, 5.74) is 0.527. The van der Waals surface area contributed by atoms with E-state index in [9.17, 15) is 13.2 Å². The molecule has 0 aromatic heterocycles. The van der Waals surface area contributed by atoms with Gasteiger partial charge in [0.2, 0.25) is 0 Å². The van der Waals surface area contributed by atoms with Gasteiger partial charge in [-0.1, -0.05) is 37.3 Å². The Labute approximate surface area is 101 Å². The summed E-state index contributed by atoms with van der Waals surface area (Å²) in [7, 11) is -3.30. The van der Waals surface area contributed by atoms with E-state index >= 15 is 0 Å². The molecule has 0 heterocycles. The average Bonchev–Trinajstić information content (AvgIpc) is 2.27. The minimum atomic E-state index is -3.30. The highest BCUT2D eigenvalue weighted by molar-refractivity contribution is 7.91. The normalized spacial score (nSPS) is 13.2. The van der Waals surface area contributed by atoms with Crippen LogP contribution in [0.1, 0.15) is 24.8 Å². The molecule has 0 fully saturated rings. The molecule has 1 unspecified atom stereocenters. The lowest BCUT2D eigenvalue weighted by Gasteiger charge is -2.12. The summed E-state index contributed by atoms with van der Waals surface area (Å²) in [6, 6.07) is 8.46. The van der Waals surface area contributed by atoms with Crippen LogP contribution in [0.5, 0.6) is 0 Å². The van der Waals surface area contributed by atoms with Gasteiger partial charge in [-0.15, -0.1) is 0 Å². The number of carboxylic acids is 1. The third-order valence-electron chi connectivity index (χ3n) is 2.44. The minimum Gasteiger partial charge on any atom is -0.481 e. The summed E-state index contributed by atoms with van der Waals surface area (Å²) in [4.78, 5) is 11.1. The van der Waals surface area contributed by atoms with Gasteiger partial charge in [-0.2, -0.15) is 0 Å². The van der Waals surface area contributed by atoms with Crippen molar-refractivity contribution in [3.63, 3.8) is 0 Å². The van der Waals surface area contributed by atoms with Crippen LogP contribution in [0.4, 0.5) is 0 Å². The molecule has 94 valence electrons. The van der Waals surface area contributed by atoms with Crippen molar-refractivity contribution >= 4 is 15.8 Å². The molecule has 0 aliphatic carbocycles. The summed E-state index contributed by atoms with van der Waals surface area (Å²) in [5.74, 6) is -2.38. The molecule has 4 nitrogen and oxygen atoms in total. The van der Waals surface area contributed by atoms with Crippen LogP contribution < -0.4 is 0 Å². The van der Waals surface area contributed by atoms with Crippen LogP contribution in [0, 0.1) is 0 Å². The van der Waals surface area contributed by atoms with Crippen LogP contribution in [0.3, 0.4) is 0 Å².